The second kappa shape index (κ2) is 7.36. The van der Waals surface area contributed by atoms with E-state index in [1.807, 2.05) is 42.1 Å². The van der Waals surface area contributed by atoms with Crippen molar-refractivity contribution in [1.29, 1.82) is 0 Å². The Kier molecular flexibility index (Phi) is 5.01. The van der Waals surface area contributed by atoms with Crippen LogP contribution < -0.4 is 4.74 Å². The van der Waals surface area contributed by atoms with Gasteiger partial charge in [-0.15, -0.1) is 11.8 Å². The molecule has 0 N–H and O–H groups in total. The number of benzene rings is 2. The van der Waals surface area contributed by atoms with Crippen molar-refractivity contribution < 1.29 is 9.47 Å². The molecule has 0 aromatic heterocycles. The van der Waals surface area contributed by atoms with E-state index in [0.717, 1.165) is 35.9 Å². The van der Waals surface area contributed by atoms with E-state index in [1.54, 1.807) is 7.11 Å². The lowest BCUT2D eigenvalue weighted by Gasteiger charge is -2.09. The molecule has 114 valence electrons. The monoisotopic (exact) mass is 313 g/mol. The van der Waals surface area contributed by atoms with Crippen molar-refractivity contribution in [2.45, 2.75) is 23.8 Å². The van der Waals surface area contributed by atoms with Crippen LogP contribution in [0.1, 0.15) is 12.8 Å². The number of rotatable bonds is 5. The summed E-state index contributed by atoms with van der Waals surface area (Å²) in [6.07, 6.45) is 2.20. The van der Waals surface area contributed by atoms with Crippen LogP contribution in [0, 0.1) is 0 Å². The number of aliphatic imine (C=N–C) groups is 1. The molecule has 0 bridgehead atoms. The van der Waals surface area contributed by atoms with E-state index < -0.39 is 0 Å². The van der Waals surface area contributed by atoms with Crippen molar-refractivity contribution in [1.82, 2.24) is 0 Å². The van der Waals surface area contributed by atoms with E-state index in [9.17, 15) is 0 Å². The van der Waals surface area contributed by atoms with Crippen molar-refractivity contribution in [2.24, 2.45) is 4.99 Å². The maximum absolute atomic E-state index is 5.94. The van der Waals surface area contributed by atoms with Gasteiger partial charge in [0.25, 0.3) is 0 Å². The summed E-state index contributed by atoms with van der Waals surface area (Å²) in [6.45, 7) is 0. The number of thioether (sulfide) groups is 1. The number of methoxy groups -OCH3 is 1. The fraction of sp³-hybridized carbons (Fsp3) is 0.278. The summed E-state index contributed by atoms with van der Waals surface area (Å²) in [5.74, 6) is 2.64. The molecule has 1 aliphatic heterocycles. The van der Waals surface area contributed by atoms with Gasteiger partial charge >= 0.3 is 0 Å². The summed E-state index contributed by atoms with van der Waals surface area (Å²) in [5, 5.41) is 0. The molecule has 1 atom stereocenters. The molecule has 4 heteroatoms. The molecule has 3 nitrogen and oxygen atoms in total. The fourth-order valence-electron chi connectivity index (χ4n) is 2.30. The summed E-state index contributed by atoms with van der Waals surface area (Å²) in [4.78, 5) is 5.85. The van der Waals surface area contributed by atoms with Gasteiger partial charge in [-0.3, -0.25) is 0 Å². The Morgan fingerprint density at radius 1 is 1.14 bits per heavy atom. The van der Waals surface area contributed by atoms with Gasteiger partial charge in [0.1, 0.15) is 11.9 Å². The van der Waals surface area contributed by atoms with Crippen LogP contribution in [-0.2, 0) is 4.74 Å². The quantitative estimate of drug-likeness (QED) is 0.750. The van der Waals surface area contributed by atoms with E-state index >= 15 is 0 Å². The number of hydrogen-bond acceptors (Lipinski definition) is 4. The summed E-state index contributed by atoms with van der Waals surface area (Å²) in [7, 11) is 1.66. The predicted molar refractivity (Wildman–Crippen MR) is 91.4 cm³/mol. The SMILES string of the molecule is COc1ccc(N=C2CCC(CSc3ccccc3)O2)cc1. The third-order valence-electron chi connectivity index (χ3n) is 3.49. The van der Waals surface area contributed by atoms with Crippen LogP contribution in [0.3, 0.4) is 0 Å². The third-order valence-corrected chi connectivity index (χ3v) is 4.63. The molecule has 0 saturated carbocycles. The Bertz CT molecular complexity index is 625. The third kappa shape index (κ3) is 4.04. The highest BCUT2D eigenvalue weighted by Crippen LogP contribution is 2.26. The molecule has 0 amide bonds. The van der Waals surface area contributed by atoms with Gasteiger partial charge in [-0.25, -0.2) is 4.99 Å². The Balaban J connectivity index is 1.54. The molecule has 0 aliphatic carbocycles. The zero-order valence-electron chi connectivity index (χ0n) is 12.6. The average Bonchev–Trinajstić information content (AvgIpc) is 3.02. The molecular weight excluding hydrogens is 294 g/mol. The van der Waals surface area contributed by atoms with Crippen LogP contribution in [0.15, 0.2) is 64.5 Å². The first-order valence-corrected chi connectivity index (χ1v) is 8.38. The van der Waals surface area contributed by atoms with Crippen LogP contribution >= 0.6 is 11.8 Å². The maximum Gasteiger partial charge on any atom is 0.188 e. The molecule has 1 unspecified atom stereocenters. The van der Waals surface area contributed by atoms with Gasteiger partial charge in [0.05, 0.1) is 12.8 Å². The minimum atomic E-state index is 0.252. The van der Waals surface area contributed by atoms with Crippen LogP contribution in [-0.4, -0.2) is 24.9 Å². The molecule has 2 aromatic carbocycles. The molecule has 0 spiro atoms. The summed E-state index contributed by atoms with van der Waals surface area (Å²) in [5.41, 5.74) is 0.909. The molecule has 0 radical (unpaired) electrons. The zero-order chi connectivity index (χ0) is 15.2. The lowest BCUT2D eigenvalue weighted by atomic mass is 10.2. The van der Waals surface area contributed by atoms with Gasteiger partial charge in [0.15, 0.2) is 5.90 Å². The fourth-order valence-corrected chi connectivity index (χ4v) is 3.26. The number of ether oxygens (including phenoxy) is 2. The molecule has 22 heavy (non-hydrogen) atoms. The highest BCUT2D eigenvalue weighted by atomic mass is 32.2. The minimum Gasteiger partial charge on any atom is -0.497 e. The van der Waals surface area contributed by atoms with Crippen molar-refractivity contribution >= 4 is 23.3 Å². The predicted octanol–water partition coefficient (Wildman–Crippen LogP) is 4.70. The summed E-state index contributed by atoms with van der Waals surface area (Å²) >= 11 is 1.83. The topological polar surface area (TPSA) is 30.8 Å². The maximum atomic E-state index is 5.94. The van der Waals surface area contributed by atoms with Gasteiger partial charge in [0.2, 0.25) is 0 Å². The van der Waals surface area contributed by atoms with Gasteiger partial charge < -0.3 is 9.47 Å². The lowest BCUT2D eigenvalue weighted by Crippen LogP contribution is -2.09. The molecule has 2 aromatic rings. The summed E-state index contributed by atoms with van der Waals surface area (Å²) in [6, 6.07) is 18.1. The van der Waals surface area contributed by atoms with Gasteiger partial charge in [0, 0.05) is 17.1 Å². The number of hydrogen-bond donors (Lipinski definition) is 0. The van der Waals surface area contributed by atoms with Crippen molar-refractivity contribution in [2.75, 3.05) is 12.9 Å². The van der Waals surface area contributed by atoms with Crippen LogP contribution in [0.5, 0.6) is 5.75 Å². The standard InChI is InChI=1S/C18H19NO2S/c1-20-15-9-7-14(8-10-15)19-18-12-11-16(21-18)13-22-17-5-3-2-4-6-17/h2-10,16H,11-13H2,1H3. The highest BCUT2D eigenvalue weighted by molar-refractivity contribution is 7.99. The normalized spacial score (nSPS) is 19.1. The molecular formula is C18H19NO2S. The molecule has 1 aliphatic rings. The van der Waals surface area contributed by atoms with Gasteiger partial charge in [-0.05, 0) is 42.8 Å². The molecule has 1 heterocycles. The first-order valence-electron chi connectivity index (χ1n) is 7.39. The minimum absolute atomic E-state index is 0.252. The molecule has 1 fully saturated rings. The second-order valence-electron chi connectivity index (χ2n) is 5.11. The van der Waals surface area contributed by atoms with E-state index in [-0.39, 0.29) is 6.10 Å². The molecule has 3 rings (SSSR count). The van der Waals surface area contributed by atoms with Crippen molar-refractivity contribution in [3.63, 3.8) is 0 Å². The Labute approximate surface area is 135 Å². The van der Waals surface area contributed by atoms with E-state index in [0.29, 0.717) is 0 Å². The highest BCUT2D eigenvalue weighted by Gasteiger charge is 2.22. The Morgan fingerprint density at radius 3 is 2.64 bits per heavy atom. The van der Waals surface area contributed by atoms with E-state index in [2.05, 4.69) is 29.3 Å². The Morgan fingerprint density at radius 2 is 1.91 bits per heavy atom. The largest absolute Gasteiger partial charge is 0.497 e. The zero-order valence-corrected chi connectivity index (χ0v) is 13.4. The molecule has 1 saturated heterocycles. The van der Waals surface area contributed by atoms with Crippen molar-refractivity contribution in [3.8, 4) is 5.75 Å². The first-order chi connectivity index (χ1) is 10.8. The van der Waals surface area contributed by atoms with E-state index in [1.165, 1.54) is 4.90 Å². The first kappa shape index (κ1) is 15.0. The lowest BCUT2D eigenvalue weighted by molar-refractivity contribution is 0.245. The average molecular weight is 313 g/mol. The van der Waals surface area contributed by atoms with Gasteiger partial charge in [-0.1, -0.05) is 18.2 Å². The van der Waals surface area contributed by atoms with Crippen LogP contribution in [0.4, 0.5) is 5.69 Å². The van der Waals surface area contributed by atoms with Gasteiger partial charge in [-0.2, -0.15) is 0 Å². The number of nitrogens with zero attached hydrogens (tertiary/aromatic N) is 1. The summed E-state index contributed by atoms with van der Waals surface area (Å²) < 4.78 is 11.1. The van der Waals surface area contributed by atoms with Crippen LogP contribution in [0.25, 0.3) is 0 Å². The Hall–Kier alpha value is -1.94. The van der Waals surface area contributed by atoms with E-state index in [4.69, 9.17) is 9.47 Å². The smallest absolute Gasteiger partial charge is 0.188 e. The van der Waals surface area contributed by atoms with Crippen molar-refractivity contribution in [3.05, 3.63) is 54.6 Å². The van der Waals surface area contributed by atoms with Crippen LogP contribution in [0.2, 0.25) is 0 Å². The second-order valence-corrected chi connectivity index (χ2v) is 6.20.